The molecule has 0 radical (unpaired) electrons. The number of aliphatic hydroxyl groups is 1. The van der Waals surface area contributed by atoms with Crippen LogP contribution < -0.4 is 5.32 Å². The van der Waals surface area contributed by atoms with E-state index in [1.54, 1.807) is 0 Å². The quantitative estimate of drug-likeness (QED) is 0.884. The van der Waals surface area contributed by atoms with Crippen molar-refractivity contribution < 1.29 is 18.3 Å². The number of furan rings is 1. The standard InChI is InChI=1S/C15H17F2NO2/c1-9-3-6-15(20-9)10(2)18-8-14(19)11-4-5-12(16)13(17)7-11/h3-7,10,14,18-19H,8H2,1-2H3. The fourth-order valence-corrected chi connectivity index (χ4v) is 1.91. The van der Waals surface area contributed by atoms with Gasteiger partial charge in [0.15, 0.2) is 11.6 Å². The number of rotatable bonds is 5. The topological polar surface area (TPSA) is 45.4 Å². The van der Waals surface area contributed by atoms with Crippen LogP contribution in [0.1, 0.15) is 36.2 Å². The van der Waals surface area contributed by atoms with Crippen molar-refractivity contribution in [1.82, 2.24) is 5.32 Å². The molecule has 1 aromatic heterocycles. The Kier molecular flexibility index (Phi) is 4.52. The molecule has 1 aromatic carbocycles. The molecule has 0 bridgehead atoms. The fraction of sp³-hybridized carbons (Fsp3) is 0.333. The highest BCUT2D eigenvalue weighted by atomic mass is 19.2. The van der Waals surface area contributed by atoms with Gasteiger partial charge in [0.1, 0.15) is 11.5 Å². The maximum absolute atomic E-state index is 13.1. The molecule has 2 N–H and O–H groups in total. The Hall–Kier alpha value is -1.72. The molecule has 0 aliphatic rings. The Morgan fingerprint density at radius 1 is 1.20 bits per heavy atom. The molecule has 1 heterocycles. The Labute approximate surface area is 116 Å². The minimum absolute atomic E-state index is 0.0800. The summed E-state index contributed by atoms with van der Waals surface area (Å²) >= 11 is 0. The molecule has 0 fully saturated rings. The van der Waals surface area contributed by atoms with Crippen molar-refractivity contribution >= 4 is 0 Å². The highest BCUT2D eigenvalue weighted by molar-refractivity contribution is 5.20. The van der Waals surface area contributed by atoms with Crippen LogP contribution in [0.4, 0.5) is 8.78 Å². The van der Waals surface area contributed by atoms with E-state index in [0.29, 0.717) is 5.56 Å². The van der Waals surface area contributed by atoms with Crippen LogP contribution in [0, 0.1) is 18.6 Å². The molecule has 2 unspecified atom stereocenters. The van der Waals surface area contributed by atoms with Gasteiger partial charge in [-0.05, 0) is 43.7 Å². The van der Waals surface area contributed by atoms with Crippen LogP contribution >= 0.6 is 0 Å². The van der Waals surface area contributed by atoms with Gasteiger partial charge in [-0.3, -0.25) is 0 Å². The van der Waals surface area contributed by atoms with Crippen molar-refractivity contribution in [2.45, 2.75) is 26.0 Å². The number of halogens is 2. The summed E-state index contributed by atoms with van der Waals surface area (Å²) in [5.41, 5.74) is 0.333. The lowest BCUT2D eigenvalue weighted by Crippen LogP contribution is -2.24. The van der Waals surface area contributed by atoms with Gasteiger partial charge in [-0.25, -0.2) is 8.78 Å². The first-order valence-electron chi connectivity index (χ1n) is 6.40. The van der Waals surface area contributed by atoms with Crippen LogP contribution in [0.3, 0.4) is 0 Å². The van der Waals surface area contributed by atoms with Gasteiger partial charge in [0.05, 0.1) is 12.1 Å². The highest BCUT2D eigenvalue weighted by Crippen LogP contribution is 2.19. The monoisotopic (exact) mass is 281 g/mol. The third-order valence-electron chi connectivity index (χ3n) is 3.13. The van der Waals surface area contributed by atoms with Gasteiger partial charge in [-0.1, -0.05) is 6.07 Å². The largest absolute Gasteiger partial charge is 0.465 e. The lowest BCUT2D eigenvalue weighted by atomic mass is 10.1. The van der Waals surface area contributed by atoms with E-state index < -0.39 is 17.7 Å². The zero-order chi connectivity index (χ0) is 14.7. The zero-order valence-electron chi connectivity index (χ0n) is 11.4. The first-order chi connectivity index (χ1) is 9.47. The third-order valence-corrected chi connectivity index (χ3v) is 3.13. The van der Waals surface area contributed by atoms with Crippen molar-refractivity contribution in [3.05, 3.63) is 59.1 Å². The van der Waals surface area contributed by atoms with Gasteiger partial charge in [0.2, 0.25) is 0 Å². The number of aliphatic hydroxyl groups excluding tert-OH is 1. The highest BCUT2D eigenvalue weighted by Gasteiger charge is 2.14. The van der Waals surface area contributed by atoms with E-state index in [2.05, 4.69) is 5.32 Å². The van der Waals surface area contributed by atoms with E-state index >= 15 is 0 Å². The van der Waals surface area contributed by atoms with E-state index in [-0.39, 0.29) is 12.6 Å². The molecule has 0 saturated carbocycles. The smallest absolute Gasteiger partial charge is 0.159 e. The first-order valence-corrected chi connectivity index (χ1v) is 6.40. The van der Waals surface area contributed by atoms with Crippen molar-refractivity contribution in [3.63, 3.8) is 0 Å². The summed E-state index contributed by atoms with van der Waals surface area (Å²) in [6.07, 6.45) is -0.913. The van der Waals surface area contributed by atoms with Gasteiger partial charge in [-0.2, -0.15) is 0 Å². The molecule has 0 amide bonds. The van der Waals surface area contributed by atoms with Crippen LogP contribution in [0.2, 0.25) is 0 Å². The van der Waals surface area contributed by atoms with Crippen LogP contribution in [0.15, 0.2) is 34.7 Å². The number of hydrogen-bond donors (Lipinski definition) is 2. The molecule has 0 aliphatic carbocycles. The minimum atomic E-state index is -0.962. The summed E-state index contributed by atoms with van der Waals surface area (Å²) in [5, 5.41) is 13.0. The molecule has 108 valence electrons. The SMILES string of the molecule is Cc1ccc(C(C)NCC(O)c2ccc(F)c(F)c2)o1. The molecule has 5 heteroatoms. The van der Waals surface area contributed by atoms with E-state index in [1.165, 1.54) is 6.07 Å². The summed E-state index contributed by atoms with van der Waals surface area (Å²) < 4.78 is 31.4. The summed E-state index contributed by atoms with van der Waals surface area (Å²) in [6.45, 7) is 3.97. The van der Waals surface area contributed by atoms with Crippen molar-refractivity contribution in [2.24, 2.45) is 0 Å². The number of benzene rings is 1. The van der Waals surface area contributed by atoms with E-state index in [9.17, 15) is 13.9 Å². The molecule has 3 nitrogen and oxygen atoms in total. The predicted octanol–water partition coefficient (Wildman–Crippen LogP) is 3.25. The molecule has 0 aliphatic heterocycles. The van der Waals surface area contributed by atoms with E-state index in [1.807, 2.05) is 26.0 Å². The predicted molar refractivity (Wildman–Crippen MR) is 71.2 cm³/mol. The lowest BCUT2D eigenvalue weighted by Gasteiger charge is -2.16. The summed E-state index contributed by atoms with van der Waals surface area (Å²) in [5.74, 6) is -0.306. The average Bonchev–Trinajstić information content (AvgIpc) is 2.85. The van der Waals surface area contributed by atoms with Crippen molar-refractivity contribution in [1.29, 1.82) is 0 Å². The van der Waals surface area contributed by atoms with Crippen molar-refractivity contribution in [2.75, 3.05) is 6.54 Å². The van der Waals surface area contributed by atoms with Gasteiger partial charge < -0.3 is 14.8 Å². The molecule has 0 spiro atoms. The van der Waals surface area contributed by atoms with Crippen molar-refractivity contribution in [3.8, 4) is 0 Å². The second kappa shape index (κ2) is 6.15. The van der Waals surface area contributed by atoms with Crippen LogP contribution in [-0.2, 0) is 0 Å². The summed E-state index contributed by atoms with van der Waals surface area (Å²) in [7, 11) is 0. The Morgan fingerprint density at radius 3 is 2.55 bits per heavy atom. The molecule has 20 heavy (non-hydrogen) atoms. The number of hydrogen-bond acceptors (Lipinski definition) is 3. The Bertz CT molecular complexity index is 583. The van der Waals surface area contributed by atoms with E-state index in [4.69, 9.17) is 4.42 Å². The average molecular weight is 281 g/mol. The Balaban J connectivity index is 1.94. The molecule has 2 rings (SSSR count). The molecular formula is C15H17F2NO2. The van der Waals surface area contributed by atoms with Gasteiger partial charge >= 0.3 is 0 Å². The molecule has 2 atom stereocenters. The normalized spacial score (nSPS) is 14.2. The summed E-state index contributed by atoms with van der Waals surface area (Å²) in [6, 6.07) is 7.02. The molecule has 2 aromatic rings. The van der Waals surface area contributed by atoms with Crippen LogP contribution in [0.25, 0.3) is 0 Å². The molecule has 0 saturated heterocycles. The van der Waals surface area contributed by atoms with Crippen LogP contribution in [-0.4, -0.2) is 11.7 Å². The van der Waals surface area contributed by atoms with E-state index in [0.717, 1.165) is 23.7 Å². The first kappa shape index (κ1) is 14.7. The maximum Gasteiger partial charge on any atom is 0.159 e. The second-order valence-electron chi connectivity index (χ2n) is 4.77. The van der Waals surface area contributed by atoms with Gasteiger partial charge in [-0.15, -0.1) is 0 Å². The van der Waals surface area contributed by atoms with Gasteiger partial charge in [0, 0.05) is 6.54 Å². The fourth-order valence-electron chi connectivity index (χ4n) is 1.91. The summed E-state index contributed by atoms with van der Waals surface area (Å²) in [4.78, 5) is 0. The van der Waals surface area contributed by atoms with Gasteiger partial charge in [0.25, 0.3) is 0 Å². The third kappa shape index (κ3) is 3.43. The maximum atomic E-state index is 13.1. The number of aryl methyl sites for hydroxylation is 1. The Morgan fingerprint density at radius 2 is 1.95 bits per heavy atom. The minimum Gasteiger partial charge on any atom is -0.465 e. The number of nitrogens with one attached hydrogen (secondary N) is 1. The molecular weight excluding hydrogens is 264 g/mol. The lowest BCUT2D eigenvalue weighted by molar-refractivity contribution is 0.168. The second-order valence-corrected chi connectivity index (χ2v) is 4.77. The zero-order valence-corrected chi connectivity index (χ0v) is 11.4. The van der Waals surface area contributed by atoms with Crippen LogP contribution in [0.5, 0.6) is 0 Å².